The van der Waals surface area contributed by atoms with Crippen LogP contribution >= 0.6 is 0 Å². The zero-order chi connectivity index (χ0) is 9.84. The number of anilines is 1. The first-order chi connectivity index (χ1) is 6.19. The van der Waals surface area contributed by atoms with E-state index in [-0.39, 0.29) is 0 Å². The number of rotatable bonds is 3. The second kappa shape index (κ2) is 3.85. The minimum Gasteiger partial charge on any atom is -0.234 e. The minimum absolute atomic E-state index is 0.744. The van der Waals surface area contributed by atoms with Crippen LogP contribution in [0.4, 0.5) is 5.82 Å². The second-order valence-corrected chi connectivity index (χ2v) is 2.74. The number of aromatic nitrogens is 1. The molecule has 0 atom stereocenters. The highest BCUT2D eigenvalue weighted by molar-refractivity contribution is 5.45. The van der Waals surface area contributed by atoms with E-state index in [4.69, 9.17) is 0 Å². The third kappa shape index (κ3) is 1.93. The molecule has 1 aromatic rings. The maximum Gasteiger partial charge on any atom is 0.153 e. The molecule has 0 N–H and O–H groups in total. The highest BCUT2D eigenvalue weighted by Gasteiger charge is 2.02. The van der Waals surface area contributed by atoms with E-state index in [0.717, 1.165) is 17.1 Å². The fourth-order valence-electron chi connectivity index (χ4n) is 0.969. The van der Waals surface area contributed by atoms with E-state index < -0.39 is 0 Å². The van der Waals surface area contributed by atoms with Crippen molar-refractivity contribution in [3.8, 4) is 0 Å². The SMILES string of the molecule is C=CN(N=C)c1ccc(C)c(C)n1. The molecule has 0 aliphatic rings. The van der Waals surface area contributed by atoms with Gasteiger partial charge < -0.3 is 0 Å². The quantitative estimate of drug-likeness (QED) is 0.520. The normalized spacial score (nSPS) is 9.38. The lowest BCUT2D eigenvalue weighted by atomic mass is 10.2. The molecule has 0 fully saturated rings. The summed E-state index contributed by atoms with van der Waals surface area (Å²) in [5.41, 5.74) is 2.16. The van der Waals surface area contributed by atoms with Crippen molar-refractivity contribution in [2.75, 3.05) is 5.01 Å². The Morgan fingerprint density at radius 1 is 1.46 bits per heavy atom. The van der Waals surface area contributed by atoms with Crippen molar-refractivity contribution in [2.45, 2.75) is 13.8 Å². The molecule has 68 valence electrons. The molecule has 13 heavy (non-hydrogen) atoms. The van der Waals surface area contributed by atoms with Gasteiger partial charge in [-0.3, -0.25) is 0 Å². The Morgan fingerprint density at radius 2 is 2.15 bits per heavy atom. The largest absolute Gasteiger partial charge is 0.234 e. The highest BCUT2D eigenvalue weighted by atomic mass is 15.5. The van der Waals surface area contributed by atoms with E-state index in [1.54, 1.807) is 6.20 Å². The fraction of sp³-hybridized carbons (Fsp3) is 0.200. The maximum atomic E-state index is 4.34. The summed E-state index contributed by atoms with van der Waals surface area (Å²) >= 11 is 0. The first-order valence-corrected chi connectivity index (χ1v) is 4.01. The van der Waals surface area contributed by atoms with Gasteiger partial charge in [0, 0.05) is 18.6 Å². The molecule has 0 aliphatic heterocycles. The molecule has 1 heterocycles. The molecule has 0 saturated heterocycles. The first kappa shape index (κ1) is 9.45. The lowest BCUT2D eigenvalue weighted by Gasteiger charge is -2.12. The number of pyridine rings is 1. The zero-order valence-corrected chi connectivity index (χ0v) is 7.99. The van der Waals surface area contributed by atoms with Gasteiger partial charge in [-0.2, -0.15) is 5.10 Å². The van der Waals surface area contributed by atoms with Crippen LogP contribution in [0, 0.1) is 13.8 Å². The van der Waals surface area contributed by atoms with Gasteiger partial charge >= 0.3 is 0 Å². The van der Waals surface area contributed by atoms with Crippen molar-refractivity contribution in [1.82, 2.24) is 4.98 Å². The summed E-state index contributed by atoms with van der Waals surface area (Å²) in [6.45, 7) is 11.0. The zero-order valence-electron chi connectivity index (χ0n) is 7.99. The van der Waals surface area contributed by atoms with E-state index in [9.17, 15) is 0 Å². The number of hydrogen-bond acceptors (Lipinski definition) is 3. The average Bonchev–Trinajstić information content (AvgIpc) is 2.13. The topological polar surface area (TPSA) is 28.5 Å². The van der Waals surface area contributed by atoms with E-state index in [1.807, 2.05) is 26.0 Å². The van der Waals surface area contributed by atoms with Gasteiger partial charge in [-0.05, 0) is 25.5 Å². The van der Waals surface area contributed by atoms with Crippen LogP contribution in [-0.4, -0.2) is 11.7 Å². The summed E-state index contributed by atoms with van der Waals surface area (Å²) in [7, 11) is 0. The summed E-state index contributed by atoms with van der Waals surface area (Å²) in [5.74, 6) is 0.744. The van der Waals surface area contributed by atoms with Crippen molar-refractivity contribution in [3.05, 3.63) is 36.2 Å². The summed E-state index contributed by atoms with van der Waals surface area (Å²) in [6.07, 6.45) is 1.57. The molecule has 0 unspecified atom stereocenters. The molecule has 0 radical (unpaired) electrons. The van der Waals surface area contributed by atoms with Crippen LogP contribution < -0.4 is 5.01 Å². The van der Waals surface area contributed by atoms with Crippen molar-refractivity contribution in [2.24, 2.45) is 5.10 Å². The minimum atomic E-state index is 0.744. The Balaban J connectivity index is 3.08. The van der Waals surface area contributed by atoms with Crippen LogP contribution in [-0.2, 0) is 0 Å². The smallest absolute Gasteiger partial charge is 0.153 e. The molecular formula is C10H13N3. The van der Waals surface area contributed by atoms with Gasteiger partial charge in [0.05, 0.1) is 0 Å². The standard InChI is InChI=1S/C10H13N3/c1-5-13(11-4)10-7-6-8(2)9(3)12-10/h5-7H,1,4H2,2-3H3. The Kier molecular flexibility index (Phi) is 2.80. The third-order valence-electron chi connectivity index (χ3n) is 1.90. The van der Waals surface area contributed by atoms with Crippen LogP contribution in [0.1, 0.15) is 11.3 Å². The van der Waals surface area contributed by atoms with Gasteiger partial charge in [0.1, 0.15) is 0 Å². The lowest BCUT2D eigenvalue weighted by Crippen LogP contribution is -2.08. The van der Waals surface area contributed by atoms with E-state index >= 15 is 0 Å². The molecule has 1 aromatic heterocycles. The molecule has 3 heteroatoms. The van der Waals surface area contributed by atoms with Crippen LogP contribution in [0.2, 0.25) is 0 Å². The summed E-state index contributed by atoms with van der Waals surface area (Å²) < 4.78 is 0. The molecule has 0 aromatic carbocycles. The molecule has 0 spiro atoms. The van der Waals surface area contributed by atoms with Gasteiger partial charge in [-0.15, -0.1) is 0 Å². The van der Waals surface area contributed by atoms with Crippen molar-refractivity contribution in [3.63, 3.8) is 0 Å². The van der Waals surface area contributed by atoms with Crippen LogP contribution in [0.5, 0.6) is 0 Å². The lowest BCUT2D eigenvalue weighted by molar-refractivity contribution is 1.01. The van der Waals surface area contributed by atoms with Crippen molar-refractivity contribution in [1.29, 1.82) is 0 Å². The fourth-order valence-corrected chi connectivity index (χ4v) is 0.969. The number of hydrazone groups is 1. The predicted octanol–water partition coefficient (Wildman–Crippen LogP) is 2.26. The van der Waals surface area contributed by atoms with Gasteiger partial charge in [0.25, 0.3) is 0 Å². The molecule has 0 aliphatic carbocycles. The van der Waals surface area contributed by atoms with Crippen LogP contribution in [0.25, 0.3) is 0 Å². The van der Waals surface area contributed by atoms with Crippen molar-refractivity contribution < 1.29 is 0 Å². The summed E-state index contributed by atoms with van der Waals surface area (Å²) in [5, 5.41) is 5.28. The molecule has 0 saturated carbocycles. The number of nitrogens with zero attached hydrogens (tertiary/aromatic N) is 3. The molecule has 0 bridgehead atoms. The molecule has 1 rings (SSSR count). The summed E-state index contributed by atoms with van der Waals surface area (Å²) in [6, 6.07) is 3.89. The first-order valence-electron chi connectivity index (χ1n) is 4.01. The highest BCUT2D eigenvalue weighted by Crippen LogP contribution is 2.14. The molecule has 0 amide bonds. The number of aryl methyl sites for hydroxylation is 2. The Hall–Kier alpha value is -1.64. The van der Waals surface area contributed by atoms with Gasteiger partial charge in [0.15, 0.2) is 5.82 Å². The maximum absolute atomic E-state index is 4.34. The molecular weight excluding hydrogens is 162 g/mol. The Labute approximate surface area is 78.4 Å². The van der Waals surface area contributed by atoms with E-state index in [2.05, 4.69) is 23.4 Å². The molecule has 3 nitrogen and oxygen atoms in total. The third-order valence-corrected chi connectivity index (χ3v) is 1.90. The van der Waals surface area contributed by atoms with Crippen LogP contribution in [0.15, 0.2) is 30.0 Å². The van der Waals surface area contributed by atoms with Gasteiger partial charge in [0.2, 0.25) is 0 Å². The number of hydrogen-bond donors (Lipinski definition) is 0. The predicted molar refractivity (Wildman–Crippen MR) is 55.9 cm³/mol. The van der Waals surface area contributed by atoms with E-state index in [0.29, 0.717) is 0 Å². The summed E-state index contributed by atoms with van der Waals surface area (Å²) in [4.78, 5) is 4.34. The van der Waals surface area contributed by atoms with Crippen LogP contribution in [0.3, 0.4) is 0 Å². The Morgan fingerprint density at radius 3 is 2.62 bits per heavy atom. The van der Waals surface area contributed by atoms with Gasteiger partial charge in [-0.25, -0.2) is 9.99 Å². The van der Waals surface area contributed by atoms with Crippen molar-refractivity contribution >= 4 is 12.5 Å². The monoisotopic (exact) mass is 175 g/mol. The second-order valence-electron chi connectivity index (χ2n) is 2.74. The Bertz CT molecular complexity index is 323. The van der Waals surface area contributed by atoms with Gasteiger partial charge in [-0.1, -0.05) is 12.6 Å². The van der Waals surface area contributed by atoms with E-state index in [1.165, 1.54) is 5.01 Å². The average molecular weight is 175 g/mol.